The van der Waals surface area contributed by atoms with Gasteiger partial charge in [0.2, 0.25) is 0 Å². The lowest BCUT2D eigenvalue weighted by atomic mass is 9.35. The van der Waals surface area contributed by atoms with E-state index in [-0.39, 0.29) is 33.8 Å². The Morgan fingerprint density at radius 2 is 1.08 bits per heavy atom. The highest BCUT2D eigenvalue weighted by Crippen LogP contribution is 2.55. The molecule has 2 aliphatic carbocycles. The molecule has 64 heavy (non-hydrogen) atoms. The quantitative estimate of drug-likeness (QED) is 0.163. The van der Waals surface area contributed by atoms with Crippen LogP contribution < -0.4 is 25.5 Å². The maximum Gasteiger partial charge on any atom is 0.264 e. The minimum Gasteiger partial charge on any atom is -0.311 e. The average molecular weight is 857 g/mol. The van der Waals surface area contributed by atoms with E-state index in [1.807, 2.05) is 0 Å². The number of hydrogen-bond donors (Lipinski definition) is 0. The number of fused-ring (bicyclic) bond motifs is 8. The van der Waals surface area contributed by atoms with Crippen molar-refractivity contribution in [2.24, 2.45) is 0 Å². The van der Waals surface area contributed by atoms with Crippen molar-refractivity contribution in [2.75, 3.05) is 9.80 Å². The SMILES string of the molecule is Cc1ccc(-c2ccccc2)c(N2c3cc(C)cc4c3B(c3cc5c(cc3N4c3ccc(C(C)(C)C)cc3)C(C)(C)CCC5(C)C)c3sc4cc5c(cc4c32)C(C)(C)CCC5(C)C)c1. The average Bonchev–Trinajstić information content (AvgIpc) is 3.61. The molecule has 0 bridgehead atoms. The van der Waals surface area contributed by atoms with E-state index in [4.69, 9.17) is 0 Å². The molecule has 11 rings (SSSR count). The van der Waals surface area contributed by atoms with Gasteiger partial charge < -0.3 is 9.80 Å². The van der Waals surface area contributed by atoms with Gasteiger partial charge in [0.15, 0.2) is 0 Å². The minimum absolute atomic E-state index is 0.0621. The Morgan fingerprint density at radius 1 is 0.531 bits per heavy atom. The van der Waals surface area contributed by atoms with Crippen molar-refractivity contribution in [1.29, 1.82) is 0 Å². The second-order valence-electron chi connectivity index (χ2n) is 23.7. The maximum absolute atomic E-state index is 2.72. The third kappa shape index (κ3) is 6.17. The molecule has 2 nitrogen and oxygen atoms in total. The summed E-state index contributed by atoms with van der Waals surface area (Å²) < 4.78 is 2.86. The molecule has 0 saturated carbocycles. The molecule has 0 unspecified atom stereocenters. The third-order valence-corrected chi connectivity index (χ3v) is 17.4. The lowest BCUT2D eigenvalue weighted by molar-refractivity contribution is 0.332. The van der Waals surface area contributed by atoms with Gasteiger partial charge in [-0.15, -0.1) is 11.3 Å². The zero-order valence-electron chi connectivity index (χ0n) is 40.6. The molecule has 3 heterocycles. The van der Waals surface area contributed by atoms with Gasteiger partial charge in [0.1, 0.15) is 0 Å². The van der Waals surface area contributed by atoms with Gasteiger partial charge in [0.25, 0.3) is 6.71 Å². The summed E-state index contributed by atoms with van der Waals surface area (Å²) in [5, 5.41) is 1.39. The predicted octanol–water partition coefficient (Wildman–Crippen LogP) is 15.3. The lowest BCUT2D eigenvalue weighted by Gasteiger charge is -2.47. The topological polar surface area (TPSA) is 6.48 Å². The minimum atomic E-state index is 0.0621. The van der Waals surface area contributed by atoms with Gasteiger partial charge in [0, 0.05) is 43.2 Å². The second-order valence-corrected chi connectivity index (χ2v) is 24.8. The largest absolute Gasteiger partial charge is 0.311 e. The van der Waals surface area contributed by atoms with Crippen molar-refractivity contribution in [1.82, 2.24) is 0 Å². The molecular weight excluding hydrogens is 792 g/mol. The number of rotatable bonds is 3. The van der Waals surface area contributed by atoms with Crippen LogP contribution in [-0.4, -0.2) is 6.71 Å². The highest BCUT2D eigenvalue weighted by atomic mass is 32.1. The Labute approximate surface area is 387 Å². The van der Waals surface area contributed by atoms with Crippen LogP contribution in [-0.2, 0) is 27.1 Å². The van der Waals surface area contributed by atoms with Crippen molar-refractivity contribution in [2.45, 2.75) is 143 Å². The zero-order valence-corrected chi connectivity index (χ0v) is 41.4. The molecule has 0 fully saturated rings. The summed E-state index contributed by atoms with van der Waals surface area (Å²) in [7, 11) is 0. The maximum atomic E-state index is 2.72. The van der Waals surface area contributed by atoms with Gasteiger partial charge >= 0.3 is 0 Å². The summed E-state index contributed by atoms with van der Waals surface area (Å²) in [6, 6.07) is 43.3. The van der Waals surface area contributed by atoms with Crippen LogP contribution in [0.2, 0.25) is 0 Å². The molecule has 0 radical (unpaired) electrons. The van der Waals surface area contributed by atoms with Crippen LogP contribution in [0.15, 0.2) is 109 Å². The number of nitrogens with zero attached hydrogens (tertiary/aromatic N) is 2. The van der Waals surface area contributed by atoms with Crippen LogP contribution in [0.1, 0.15) is 141 Å². The summed E-state index contributed by atoms with van der Waals surface area (Å²) in [6.07, 6.45) is 4.76. The number of thiophene rings is 1. The van der Waals surface area contributed by atoms with Gasteiger partial charge in [-0.25, -0.2) is 0 Å². The lowest BCUT2D eigenvalue weighted by Crippen LogP contribution is -2.61. The summed E-state index contributed by atoms with van der Waals surface area (Å²) in [4.78, 5) is 5.37. The first-order valence-corrected chi connectivity index (χ1v) is 24.8. The van der Waals surface area contributed by atoms with Crippen molar-refractivity contribution < 1.29 is 0 Å². The molecule has 4 heteroatoms. The normalized spacial score (nSPS) is 18.5. The monoisotopic (exact) mass is 856 g/mol. The van der Waals surface area contributed by atoms with Crippen LogP contribution >= 0.6 is 11.3 Å². The molecule has 6 aromatic carbocycles. The van der Waals surface area contributed by atoms with E-state index in [0.717, 1.165) is 0 Å². The summed E-state index contributed by atoms with van der Waals surface area (Å²) in [5.74, 6) is 0. The van der Waals surface area contributed by atoms with Crippen molar-refractivity contribution >= 4 is 78.0 Å². The molecule has 4 aliphatic rings. The Balaban J connectivity index is 1.29. The van der Waals surface area contributed by atoms with Crippen LogP contribution in [0.5, 0.6) is 0 Å². The van der Waals surface area contributed by atoms with Crippen LogP contribution in [0.3, 0.4) is 0 Å². The van der Waals surface area contributed by atoms with E-state index in [1.54, 1.807) is 0 Å². The molecular formula is C60H65BN2S. The van der Waals surface area contributed by atoms with E-state index in [1.165, 1.54) is 136 Å². The third-order valence-electron chi connectivity index (χ3n) is 16.2. The van der Waals surface area contributed by atoms with Crippen LogP contribution in [0.25, 0.3) is 21.2 Å². The fourth-order valence-electron chi connectivity index (χ4n) is 12.1. The Bertz CT molecular complexity index is 3060. The number of anilines is 6. The summed E-state index contributed by atoms with van der Waals surface area (Å²) in [5.41, 5.74) is 23.5. The molecule has 0 atom stereocenters. The Kier molecular flexibility index (Phi) is 8.94. The molecule has 7 aromatic rings. The fraction of sp³-hybridized carbons (Fsp3) is 0.367. The summed E-state index contributed by atoms with van der Waals surface area (Å²) in [6.45, 7) is 31.5. The summed E-state index contributed by atoms with van der Waals surface area (Å²) >= 11 is 2.06. The predicted molar refractivity (Wildman–Crippen MR) is 280 cm³/mol. The van der Waals surface area contributed by atoms with Gasteiger partial charge in [0.05, 0.1) is 11.4 Å². The Hall–Kier alpha value is -5.06. The van der Waals surface area contributed by atoms with E-state index in [9.17, 15) is 0 Å². The van der Waals surface area contributed by atoms with Crippen LogP contribution in [0, 0.1) is 13.8 Å². The molecule has 1 aromatic heterocycles. The molecule has 0 N–H and O–H groups in total. The number of hydrogen-bond acceptors (Lipinski definition) is 3. The fourth-order valence-corrected chi connectivity index (χ4v) is 13.4. The van der Waals surface area contributed by atoms with Crippen LogP contribution in [0.4, 0.5) is 34.1 Å². The first-order valence-electron chi connectivity index (χ1n) is 24.0. The number of aryl methyl sites for hydroxylation is 2. The second kappa shape index (κ2) is 13.7. The molecule has 324 valence electrons. The standard InChI is InChI=1S/C60H65BN2S/c1-36-19-24-41(38-17-15-14-16-18-38)48(29-36)63-51-31-37(2)30-50-53(51)61(55-54(63)42-32-43-46(35-52(42)64-55)60(12,13)28-25-57(43,6)7)47-33-44-45(59(10,11)27-26-58(44,8)9)34-49(47)62(50)40-22-20-39(21-23-40)56(3,4)5/h14-24,29-35H,25-28H2,1-13H3. The molecule has 0 amide bonds. The van der Waals surface area contributed by atoms with Gasteiger partial charge in [-0.1, -0.05) is 137 Å². The van der Waals surface area contributed by atoms with Crippen molar-refractivity contribution in [3.63, 3.8) is 0 Å². The molecule has 0 saturated heterocycles. The van der Waals surface area contributed by atoms with E-state index < -0.39 is 0 Å². The first kappa shape index (κ1) is 41.6. The smallest absolute Gasteiger partial charge is 0.264 e. The highest BCUT2D eigenvalue weighted by molar-refractivity contribution is 7.33. The van der Waals surface area contributed by atoms with Crippen molar-refractivity contribution in [3.05, 3.63) is 148 Å². The highest BCUT2D eigenvalue weighted by Gasteiger charge is 2.49. The zero-order chi connectivity index (χ0) is 45.0. The molecule has 0 spiro atoms. The van der Waals surface area contributed by atoms with Gasteiger partial charge in [-0.3, -0.25) is 0 Å². The van der Waals surface area contributed by atoms with Gasteiger partial charge in [-0.2, -0.15) is 0 Å². The van der Waals surface area contributed by atoms with E-state index in [0.29, 0.717) is 0 Å². The Morgan fingerprint density at radius 3 is 1.69 bits per heavy atom. The van der Waals surface area contributed by atoms with E-state index in [2.05, 4.69) is 220 Å². The van der Waals surface area contributed by atoms with Crippen molar-refractivity contribution in [3.8, 4) is 11.1 Å². The number of benzene rings is 6. The van der Waals surface area contributed by atoms with E-state index >= 15 is 0 Å². The molecule has 2 aliphatic heterocycles. The first-order chi connectivity index (χ1) is 30.1. The van der Waals surface area contributed by atoms with Gasteiger partial charge in [-0.05, 0) is 171 Å².